The molecular weight excluding hydrogens is 148 g/mol. The maximum Gasteiger partial charge on any atom is 0.216 e. The van der Waals surface area contributed by atoms with Gasteiger partial charge in [-0.25, -0.2) is 0 Å². The first-order valence-corrected chi connectivity index (χ1v) is 3.61. The van der Waals surface area contributed by atoms with E-state index in [0.29, 0.717) is 13.0 Å². The molecule has 0 bridgehead atoms. The Morgan fingerprint density at radius 3 is 2.64 bits per heavy atom. The molecule has 0 spiro atoms. The molecule has 2 N–H and O–H groups in total. The molecule has 0 fully saturated rings. The van der Waals surface area contributed by atoms with Gasteiger partial charge >= 0.3 is 0 Å². The third-order valence-corrected chi connectivity index (χ3v) is 1.49. The fraction of sp³-hybridized carbons (Fsp3) is 1.00. The van der Waals surface area contributed by atoms with Crippen molar-refractivity contribution in [2.45, 2.75) is 18.9 Å². The van der Waals surface area contributed by atoms with Gasteiger partial charge in [-0.2, -0.15) is 0 Å². The van der Waals surface area contributed by atoms with Gasteiger partial charge in [-0.05, 0) is 7.05 Å². The molecule has 0 aliphatic heterocycles. The average molecular weight is 162 g/mol. The Bertz CT molecular complexity index is 118. The number of rotatable bonds is 6. The topological polar surface area (TPSA) is 75.4 Å². The molecule has 0 aliphatic rings. The standard InChI is InChI=1S/C6H14N2O3/c1-7-4-2-6(3-5-9)8(10)11/h6-7,9H,2-5H2,1H3. The summed E-state index contributed by atoms with van der Waals surface area (Å²) in [6.45, 7) is 0.501. The fourth-order valence-electron chi connectivity index (χ4n) is 0.815. The summed E-state index contributed by atoms with van der Waals surface area (Å²) in [4.78, 5) is 9.92. The number of nitrogens with zero attached hydrogens (tertiary/aromatic N) is 1. The third kappa shape index (κ3) is 4.69. The maximum absolute atomic E-state index is 10.3. The van der Waals surface area contributed by atoms with Gasteiger partial charge in [0.2, 0.25) is 6.04 Å². The van der Waals surface area contributed by atoms with Gasteiger partial charge in [-0.3, -0.25) is 10.1 Å². The van der Waals surface area contributed by atoms with Crippen molar-refractivity contribution < 1.29 is 10.0 Å². The zero-order valence-electron chi connectivity index (χ0n) is 6.62. The number of aliphatic hydroxyl groups excluding tert-OH is 1. The maximum atomic E-state index is 10.3. The van der Waals surface area contributed by atoms with Crippen LogP contribution < -0.4 is 5.32 Å². The summed E-state index contributed by atoms with van der Waals surface area (Å²) in [6.07, 6.45) is 0.721. The summed E-state index contributed by atoms with van der Waals surface area (Å²) in [7, 11) is 1.75. The smallest absolute Gasteiger partial charge is 0.216 e. The molecule has 0 heterocycles. The van der Waals surface area contributed by atoms with E-state index in [0.717, 1.165) is 0 Å². The summed E-state index contributed by atoms with van der Waals surface area (Å²) < 4.78 is 0. The normalized spacial score (nSPS) is 12.9. The van der Waals surface area contributed by atoms with Crippen LogP contribution in [0.1, 0.15) is 12.8 Å². The van der Waals surface area contributed by atoms with E-state index < -0.39 is 6.04 Å². The largest absolute Gasteiger partial charge is 0.396 e. The molecule has 5 nitrogen and oxygen atoms in total. The number of hydrogen-bond donors (Lipinski definition) is 2. The van der Waals surface area contributed by atoms with E-state index >= 15 is 0 Å². The van der Waals surface area contributed by atoms with Crippen molar-refractivity contribution in [1.82, 2.24) is 5.32 Å². The number of nitro groups is 1. The van der Waals surface area contributed by atoms with Gasteiger partial charge in [-0.1, -0.05) is 0 Å². The fourth-order valence-corrected chi connectivity index (χ4v) is 0.815. The Balaban J connectivity index is 3.60. The van der Waals surface area contributed by atoms with Gasteiger partial charge in [0, 0.05) is 30.9 Å². The first kappa shape index (κ1) is 10.3. The second-order valence-electron chi connectivity index (χ2n) is 2.34. The minimum Gasteiger partial charge on any atom is -0.396 e. The van der Waals surface area contributed by atoms with Crippen molar-refractivity contribution in [2.24, 2.45) is 0 Å². The molecule has 1 unspecified atom stereocenters. The van der Waals surface area contributed by atoms with Crippen molar-refractivity contribution in [2.75, 3.05) is 20.2 Å². The van der Waals surface area contributed by atoms with Gasteiger partial charge in [0.25, 0.3) is 0 Å². The highest BCUT2D eigenvalue weighted by Crippen LogP contribution is 2.00. The van der Waals surface area contributed by atoms with Crippen LogP contribution in [0.5, 0.6) is 0 Å². The minimum absolute atomic E-state index is 0.116. The van der Waals surface area contributed by atoms with E-state index in [4.69, 9.17) is 5.11 Å². The quantitative estimate of drug-likeness (QED) is 0.412. The first-order valence-electron chi connectivity index (χ1n) is 3.61. The van der Waals surface area contributed by atoms with Crippen LogP contribution in [-0.4, -0.2) is 36.3 Å². The van der Waals surface area contributed by atoms with Gasteiger partial charge in [0.05, 0.1) is 0 Å². The monoisotopic (exact) mass is 162 g/mol. The van der Waals surface area contributed by atoms with Crippen LogP contribution in [0.3, 0.4) is 0 Å². The summed E-state index contributed by atoms with van der Waals surface area (Å²) in [6, 6.07) is -0.604. The molecule has 0 amide bonds. The van der Waals surface area contributed by atoms with Crippen molar-refractivity contribution in [3.63, 3.8) is 0 Å². The number of nitrogens with one attached hydrogen (secondary N) is 1. The predicted molar refractivity (Wildman–Crippen MR) is 41.0 cm³/mol. The van der Waals surface area contributed by atoms with Gasteiger partial charge in [0.15, 0.2) is 0 Å². The highest BCUT2D eigenvalue weighted by molar-refractivity contribution is 4.57. The molecular formula is C6H14N2O3. The molecule has 66 valence electrons. The Morgan fingerprint density at radius 2 is 2.27 bits per heavy atom. The van der Waals surface area contributed by atoms with Gasteiger partial charge < -0.3 is 10.4 Å². The molecule has 0 rings (SSSR count). The molecule has 0 radical (unpaired) electrons. The lowest BCUT2D eigenvalue weighted by Gasteiger charge is -2.06. The van der Waals surface area contributed by atoms with Crippen molar-refractivity contribution in [1.29, 1.82) is 0 Å². The summed E-state index contributed by atoms with van der Waals surface area (Å²) >= 11 is 0. The molecule has 0 saturated heterocycles. The van der Waals surface area contributed by atoms with E-state index in [1.54, 1.807) is 7.05 Å². The molecule has 11 heavy (non-hydrogen) atoms. The molecule has 5 heteroatoms. The van der Waals surface area contributed by atoms with E-state index in [9.17, 15) is 10.1 Å². The van der Waals surface area contributed by atoms with Crippen molar-refractivity contribution in [3.05, 3.63) is 10.1 Å². The van der Waals surface area contributed by atoms with Crippen molar-refractivity contribution >= 4 is 0 Å². The Kier molecular flexibility index (Phi) is 5.68. The van der Waals surface area contributed by atoms with Crippen LogP contribution in [0.4, 0.5) is 0 Å². The summed E-state index contributed by atoms with van der Waals surface area (Å²) in [5.74, 6) is 0. The van der Waals surface area contributed by atoms with E-state index in [2.05, 4.69) is 5.32 Å². The van der Waals surface area contributed by atoms with Crippen LogP contribution >= 0.6 is 0 Å². The second-order valence-corrected chi connectivity index (χ2v) is 2.34. The summed E-state index contributed by atoms with van der Waals surface area (Å²) in [5.41, 5.74) is 0. The molecule has 0 aromatic carbocycles. The Labute approximate surface area is 65.6 Å². The first-order chi connectivity index (χ1) is 5.22. The third-order valence-electron chi connectivity index (χ3n) is 1.49. The van der Waals surface area contributed by atoms with Crippen LogP contribution in [0.25, 0.3) is 0 Å². The van der Waals surface area contributed by atoms with Crippen LogP contribution in [-0.2, 0) is 0 Å². The van der Waals surface area contributed by atoms with Crippen LogP contribution in [0, 0.1) is 10.1 Å². The van der Waals surface area contributed by atoms with Crippen LogP contribution in [0.2, 0.25) is 0 Å². The SMILES string of the molecule is CNCCC(CCO)[N+](=O)[O-]. The van der Waals surface area contributed by atoms with Gasteiger partial charge in [0.1, 0.15) is 0 Å². The summed E-state index contributed by atoms with van der Waals surface area (Å²) in [5, 5.41) is 21.5. The average Bonchev–Trinajstić information content (AvgIpc) is 1.97. The van der Waals surface area contributed by atoms with E-state index in [1.165, 1.54) is 0 Å². The minimum atomic E-state index is -0.604. The Morgan fingerprint density at radius 1 is 1.64 bits per heavy atom. The predicted octanol–water partition coefficient (Wildman–Crippen LogP) is -0.376. The number of aliphatic hydroxyl groups is 1. The second kappa shape index (κ2) is 6.06. The highest BCUT2D eigenvalue weighted by atomic mass is 16.6. The van der Waals surface area contributed by atoms with Crippen molar-refractivity contribution in [3.8, 4) is 0 Å². The zero-order chi connectivity index (χ0) is 8.69. The molecule has 1 atom stereocenters. The molecule has 0 saturated carbocycles. The van der Waals surface area contributed by atoms with E-state index in [1.807, 2.05) is 0 Å². The molecule has 0 aromatic rings. The zero-order valence-corrected chi connectivity index (χ0v) is 6.62. The van der Waals surface area contributed by atoms with Gasteiger partial charge in [-0.15, -0.1) is 0 Å². The Hall–Kier alpha value is -0.680. The lowest BCUT2D eigenvalue weighted by molar-refractivity contribution is -0.524. The molecule has 0 aliphatic carbocycles. The van der Waals surface area contributed by atoms with Crippen LogP contribution in [0.15, 0.2) is 0 Å². The molecule has 0 aromatic heterocycles. The number of hydrogen-bond acceptors (Lipinski definition) is 4. The lowest BCUT2D eigenvalue weighted by atomic mass is 10.1. The lowest BCUT2D eigenvalue weighted by Crippen LogP contribution is -2.25. The highest BCUT2D eigenvalue weighted by Gasteiger charge is 2.17. The van der Waals surface area contributed by atoms with E-state index in [-0.39, 0.29) is 18.0 Å².